The average Bonchev–Trinajstić information content (AvgIpc) is 3.40. The summed E-state index contributed by atoms with van der Waals surface area (Å²) < 4.78 is 54.4. The molecular formula is C37H46ClFN6O9S. The van der Waals surface area contributed by atoms with E-state index in [-0.39, 0.29) is 44.0 Å². The van der Waals surface area contributed by atoms with Crippen molar-refractivity contribution in [2.24, 2.45) is 5.92 Å². The van der Waals surface area contributed by atoms with E-state index >= 15 is 0 Å². The SMILES string of the molecule is CC(C)(C)OC(=O)N[C@H]1CCCCCCC[C@H]2C[C@@]2(C(=O)NS(=O)(=O)c2cccnc2Cl)NC(=O)[C@@H]2C[C@@H](OC(=O)N3Cc4cccc(F)c4C3)CN2C1=O. The number of carbonyl (C=O) groups is 5. The van der Waals surface area contributed by atoms with Crippen molar-refractivity contribution in [2.75, 3.05) is 6.54 Å². The zero-order chi connectivity index (χ0) is 39.7. The fraction of sp³-hybridized carbons (Fsp3) is 0.568. The molecule has 3 fully saturated rings. The minimum atomic E-state index is -4.49. The Morgan fingerprint density at radius 3 is 2.47 bits per heavy atom. The largest absolute Gasteiger partial charge is 0.444 e. The Morgan fingerprint density at radius 2 is 1.76 bits per heavy atom. The minimum absolute atomic E-state index is 0.0197. The molecule has 6 rings (SSSR count). The lowest BCUT2D eigenvalue weighted by Crippen LogP contribution is -2.58. The molecule has 2 aromatic rings. The number of amides is 5. The molecule has 15 nitrogen and oxygen atoms in total. The van der Waals surface area contributed by atoms with Gasteiger partial charge in [0.2, 0.25) is 11.8 Å². The molecular weight excluding hydrogens is 759 g/mol. The van der Waals surface area contributed by atoms with Crippen LogP contribution in [-0.4, -0.2) is 89.0 Å². The van der Waals surface area contributed by atoms with Crippen molar-refractivity contribution in [1.82, 2.24) is 30.1 Å². The first kappa shape index (κ1) is 40.2. The molecule has 0 bridgehead atoms. The monoisotopic (exact) mass is 804 g/mol. The molecule has 55 heavy (non-hydrogen) atoms. The van der Waals surface area contributed by atoms with Crippen LogP contribution in [0.1, 0.15) is 89.7 Å². The van der Waals surface area contributed by atoms with E-state index in [9.17, 15) is 36.8 Å². The lowest BCUT2D eigenvalue weighted by molar-refractivity contribution is -0.141. The van der Waals surface area contributed by atoms with Gasteiger partial charge in [0.15, 0.2) is 0 Å². The Bertz CT molecular complexity index is 1960. The molecule has 1 aromatic heterocycles. The standard InChI is InChI=1S/C37H46ClFN6O9S/c1-36(2,3)54-34(49)41-27-14-8-6-4-5-7-12-23-18-37(23,33(48)43-55(51,52)29-15-10-16-40-30(29)38)42-31(46)28-17-24(20-45(28)32(27)47)53-35(50)44-19-22-11-9-13-26(39)25(22)21-44/h9-11,13,15-16,23-24,27-28H,4-8,12,14,17-21H2,1-3H3,(H,41,49)(H,42,46)(H,43,48)/t23-,24+,27-,28-,37+/m0/s1. The summed E-state index contributed by atoms with van der Waals surface area (Å²) in [5.74, 6) is -3.19. The fourth-order valence-electron chi connectivity index (χ4n) is 7.59. The lowest BCUT2D eigenvalue weighted by atomic mass is 10.0. The van der Waals surface area contributed by atoms with Gasteiger partial charge >= 0.3 is 12.2 Å². The van der Waals surface area contributed by atoms with Gasteiger partial charge in [-0.05, 0) is 69.7 Å². The molecule has 4 heterocycles. The Balaban J connectivity index is 1.26. The summed E-state index contributed by atoms with van der Waals surface area (Å²) in [7, 11) is -4.49. The summed E-state index contributed by atoms with van der Waals surface area (Å²) in [5.41, 5.74) is -1.47. The van der Waals surface area contributed by atoms with Gasteiger partial charge in [0.1, 0.15) is 45.2 Å². The van der Waals surface area contributed by atoms with E-state index < -0.39 is 85.9 Å². The summed E-state index contributed by atoms with van der Waals surface area (Å²) in [6.45, 7) is 4.93. The van der Waals surface area contributed by atoms with Crippen LogP contribution in [-0.2, 0) is 47.0 Å². The summed E-state index contributed by atoms with van der Waals surface area (Å²) in [4.78, 5) is 74.9. The summed E-state index contributed by atoms with van der Waals surface area (Å²) >= 11 is 6.04. The van der Waals surface area contributed by atoms with Crippen molar-refractivity contribution in [3.8, 4) is 0 Å². The molecule has 0 spiro atoms. The van der Waals surface area contributed by atoms with Crippen LogP contribution in [0.3, 0.4) is 0 Å². The van der Waals surface area contributed by atoms with Crippen LogP contribution in [0.15, 0.2) is 41.4 Å². The smallest absolute Gasteiger partial charge is 0.410 e. The number of carbonyl (C=O) groups excluding carboxylic acids is 5. The number of alkyl carbamates (subject to hydrolysis) is 1. The molecule has 5 amide bonds. The molecule has 0 radical (unpaired) electrons. The van der Waals surface area contributed by atoms with E-state index in [1.165, 1.54) is 34.2 Å². The van der Waals surface area contributed by atoms with Gasteiger partial charge in [0.05, 0.1) is 13.1 Å². The number of benzene rings is 1. The fourth-order valence-corrected chi connectivity index (χ4v) is 9.08. The second kappa shape index (κ2) is 15.9. The molecule has 1 aromatic carbocycles. The van der Waals surface area contributed by atoms with Gasteiger partial charge in [-0.2, -0.15) is 0 Å². The highest BCUT2D eigenvalue weighted by molar-refractivity contribution is 7.90. The summed E-state index contributed by atoms with van der Waals surface area (Å²) in [5, 5.41) is 5.12. The van der Waals surface area contributed by atoms with Crippen LogP contribution in [0.25, 0.3) is 0 Å². The number of hydrogen-bond donors (Lipinski definition) is 3. The Kier molecular flexibility index (Phi) is 11.6. The lowest BCUT2D eigenvalue weighted by Gasteiger charge is -2.30. The highest BCUT2D eigenvalue weighted by Crippen LogP contribution is 2.48. The Hall–Kier alpha value is -4.51. The number of fused-ring (bicyclic) bond motifs is 3. The Labute approximate surface area is 324 Å². The van der Waals surface area contributed by atoms with E-state index in [1.54, 1.807) is 32.9 Å². The van der Waals surface area contributed by atoms with Crippen molar-refractivity contribution in [3.05, 3.63) is 58.6 Å². The average molecular weight is 805 g/mol. The summed E-state index contributed by atoms with van der Waals surface area (Å²) in [6.07, 6.45) is 3.08. The van der Waals surface area contributed by atoms with Crippen LogP contribution in [0, 0.1) is 11.7 Å². The van der Waals surface area contributed by atoms with Gasteiger partial charge in [0.25, 0.3) is 15.9 Å². The number of hydrogen-bond acceptors (Lipinski definition) is 10. The van der Waals surface area contributed by atoms with E-state index in [0.29, 0.717) is 30.4 Å². The maximum atomic E-state index is 14.5. The maximum absolute atomic E-state index is 14.5. The van der Waals surface area contributed by atoms with E-state index in [2.05, 4.69) is 20.3 Å². The van der Waals surface area contributed by atoms with Crippen molar-refractivity contribution in [2.45, 2.75) is 126 Å². The van der Waals surface area contributed by atoms with E-state index in [4.69, 9.17) is 21.1 Å². The second-order valence-corrected chi connectivity index (χ2v) is 17.6. The number of ether oxygens (including phenoxy) is 2. The third-order valence-corrected chi connectivity index (χ3v) is 12.2. The van der Waals surface area contributed by atoms with Crippen LogP contribution in [0.4, 0.5) is 14.0 Å². The molecule has 4 aliphatic rings. The highest BCUT2D eigenvalue weighted by Gasteiger charge is 2.62. The van der Waals surface area contributed by atoms with Gasteiger partial charge in [0, 0.05) is 24.7 Å². The first-order valence-corrected chi connectivity index (χ1v) is 20.3. The quantitative estimate of drug-likeness (QED) is 0.367. The number of aromatic nitrogens is 1. The van der Waals surface area contributed by atoms with Crippen LogP contribution in [0.2, 0.25) is 5.15 Å². The number of pyridine rings is 1. The number of nitrogens with one attached hydrogen (secondary N) is 3. The first-order chi connectivity index (χ1) is 26.0. The normalized spacial score (nSPS) is 26.0. The van der Waals surface area contributed by atoms with Crippen LogP contribution >= 0.6 is 11.6 Å². The number of nitrogens with zero attached hydrogens (tertiary/aromatic N) is 3. The molecule has 3 aliphatic heterocycles. The van der Waals surface area contributed by atoms with E-state index in [1.807, 2.05) is 0 Å². The molecule has 3 N–H and O–H groups in total. The molecule has 1 aliphatic carbocycles. The predicted molar refractivity (Wildman–Crippen MR) is 195 cm³/mol. The van der Waals surface area contributed by atoms with Crippen molar-refractivity contribution >= 4 is 51.5 Å². The van der Waals surface area contributed by atoms with Crippen LogP contribution < -0.4 is 15.4 Å². The first-order valence-electron chi connectivity index (χ1n) is 18.5. The zero-order valence-electron chi connectivity index (χ0n) is 30.9. The molecule has 18 heteroatoms. The van der Waals surface area contributed by atoms with Gasteiger partial charge < -0.3 is 25.0 Å². The summed E-state index contributed by atoms with van der Waals surface area (Å²) in [6, 6.07) is 4.76. The van der Waals surface area contributed by atoms with Crippen molar-refractivity contribution in [3.63, 3.8) is 0 Å². The maximum Gasteiger partial charge on any atom is 0.410 e. The van der Waals surface area contributed by atoms with Gasteiger partial charge in [-0.25, -0.2) is 32.1 Å². The molecule has 298 valence electrons. The number of sulfonamides is 1. The predicted octanol–water partition coefficient (Wildman–Crippen LogP) is 4.31. The van der Waals surface area contributed by atoms with Gasteiger partial charge in [-0.3, -0.25) is 19.3 Å². The zero-order valence-corrected chi connectivity index (χ0v) is 32.5. The molecule has 5 atom stereocenters. The van der Waals surface area contributed by atoms with Crippen molar-refractivity contribution < 1.29 is 46.3 Å². The van der Waals surface area contributed by atoms with Crippen molar-refractivity contribution in [1.29, 1.82) is 0 Å². The number of rotatable bonds is 5. The topological polar surface area (TPSA) is 193 Å². The van der Waals surface area contributed by atoms with Crippen LogP contribution in [0.5, 0.6) is 0 Å². The third-order valence-electron chi connectivity index (χ3n) is 10.4. The molecule has 2 saturated heterocycles. The number of halogens is 2. The minimum Gasteiger partial charge on any atom is -0.444 e. The van der Waals surface area contributed by atoms with Gasteiger partial charge in [-0.1, -0.05) is 55.8 Å². The molecule has 1 saturated carbocycles. The Morgan fingerprint density at radius 1 is 1.04 bits per heavy atom. The third kappa shape index (κ3) is 9.14. The molecule has 0 unspecified atom stereocenters. The van der Waals surface area contributed by atoms with E-state index in [0.717, 1.165) is 19.3 Å². The second-order valence-electron chi connectivity index (χ2n) is 15.6. The van der Waals surface area contributed by atoms with Gasteiger partial charge in [-0.15, -0.1) is 0 Å². The highest BCUT2D eigenvalue weighted by atomic mass is 35.5.